The summed E-state index contributed by atoms with van der Waals surface area (Å²) >= 11 is 1.77. The molecule has 0 aliphatic carbocycles. The van der Waals surface area contributed by atoms with E-state index in [2.05, 4.69) is 0 Å². The number of carboxylic acid groups (broad SMARTS) is 1. The molecule has 4 nitrogen and oxygen atoms in total. The average molecular weight is 245 g/mol. The van der Waals surface area contributed by atoms with Crippen LogP contribution >= 0.6 is 11.8 Å². The number of carbonyl (C=O) groups excluding carboxylic acids is 1. The molecule has 2 unspecified atom stereocenters. The molecule has 1 fully saturated rings. The van der Waals surface area contributed by atoms with Gasteiger partial charge in [0.2, 0.25) is 5.91 Å². The van der Waals surface area contributed by atoms with Crippen molar-refractivity contribution in [3.05, 3.63) is 0 Å². The van der Waals surface area contributed by atoms with Crippen LogP contribution in [0.1, 0.15) is 26.7 Å². The van der Waals surface area contributed by atoms with Crippen LogP contribution in [0.5, 0.6) is 0 Å². The van der Waals surface area contributed by atoms with Gasteiger partial charge in [-0.15, -0.1) is 0 Å². The summed E-state index contributed by atoms with van der Waals surface area (Å²) in [4.78, 5) is 24.4. The van der Waals surface area contributed by atoms with Crippen LogP contribution in [-0.4, -0.2) is 46.0 Å². The Kier molecular flexibility index (Phi) is 5.12. The maximum atomic E-state index is 12.1. The van der Waals surface area contributed by atoms with Crippen molar-refractivity contribution in [2.24, 2.45) is 5.92 Å². The summed E-state index contributed by atoms with van der Waals surface area (Å²) in [5.74, 6) is 0.961. The molecule has 1 aliphatic heterocycles. The van der Waals surface area contributed by atoms with E-state index in [0.29, 0.717) is 0 Å². The summed E-state index contributed by atoms with van der Waals surface area (Å²) < 4.78 is 0. The van der Waals surface area contributed by atoms with Gasteiger partial charge in [0.25, 0.3) is 0 Å². The molecule has 92 valence electrons. The molecule has 0 spiro atoms. The third-order valence-electron chi connectivity index (χ3n) is 2.99. The third kappa shape index (κ3) is 3.40. The fourth-order valence-corrected chi connectivity index (χ4v) is 2.99. The summed E-state index contributed by atoms with van der Waals surface area (Å²) in [6.07, 6.45) is 1.68. The molecule has 1 heterocycles. The molecular formula is C11H19NO3S. The fourth-order valence-electron chi connectivity index (χ4n) is 1.78. The van der Waals surface area contributed by atoms with E-state index in [4.69, 9.17) is 5.11 Å². The normalized spacial score (nSPS) is 21.8. The molecule has 2 atom stereocenters. The van der Waals surface area contributed by atoms with Crippen LogP contribution in [0, 0.1) is 5.92 Å². The number of hydrogen-bond acceptors (Lipinski definition) is 3. The predicted octanol–water partition coefficient (Wildman–Crippen LogP) is 1.45. The molecule has 0 bridgehead atoms. The number of aliphatic carboxylic acids is 1. The Labute approximate surface area is 100 Å². The first-order chi connectivity index (χ1) is 7.56. The molecule has 16 heavy (non-hydrogen) atoms. The monoisotopic (exact) mass is 245 g/mol. The fraction of sp³-hybridized carbons (Fsp3) is 0.818. The molecule has 0 aromatic rings. The molecular weight excluding hydrogens is 226 g/mol. The highest BCUT2D eigenvalue weighted by Crippen LogP contribution is 2.26. The smallest absolute Gasteiger partial charge is 0.323 e. The summed E-state index contributed by atoms with van der Waals surface area (Å²) in [5, 5.41) is 8.82. The van der Waals surface area contributed by atoms with E-state index in [-0.39, 0.29) is 24.4 Å². The zero-order valence-corrected chi connectivity index (χ0v) is 10.6. The van der Waals surface area contributed by atoms with Crippen LogP contribution in [0.2, 0.25) is 0 Å². The summed E-state index contributed by atoms with van der Waals surface area (Å²) in [6, 6.07) is 0.00852. The van der Waals surface area contributed by atoms with Gasteiger partial charge in [0.1, 0.15) is 6.54 Å². The van der Waals surface area contributed by atoms with E-state index in [0.717, 1.165) is 24.3 Å². The number of thioether (sulfide) groups is 1. The van der Waals surface area contributed by atoms with E-state index >= 15 is 0 Å². The first-order valence-electron chi connectivity index (χ1n) is 5.66. The van der Waals surface area contributed by atoms with Gasteiger partial charge in [-0.1, -0.05) is 6.92 Å². The number of hydrogen-bond donors (Lipinski definition) is 1. The van der Waals surface area contributed by atoms with Gasteiger partial charge in [0, 0.05) is 17.7 Å². The van der Waals surface area contributed by atoms with Crippen LogP contribution < -0.4 is 0 Å². The lowest BCUT2D eigenvalue weighted by atomic mass is 10.1. The predicted molar refractivity (Wildman–Crippen MR) is 64.5 cm³/mol. The largest absolute Gasteiger partial charge is 0.480 e. The quantitative estimate of drug-likeness (QED) is 0.796. The summed E-state index contributed by atoms with van der Waals surface area (Å²) in [5.41, 5.74) is 0. The Balaban J connectivity index is 2.66. The average Bonchev–Trinajstić information content (AvgIpc) is 2.77. The Morgan fingerprint density at radius 3 is 2.69 bits per heavy atom. The Hall–Kier alpha value is -0.710. The van der Waals surface area contributed by atoms with Gasteiger partial charge in [-0.3, -0.25) is 9.59 Å². The van der Waals surface area contributed by atoms with Crippen molar-refractivity contribution >= 4 is 23.6 Å². The maximum absolute atomic E-state index is 12.1. The standard InChI is InChI=1S/C11H19NO3S/c1-3-8(2)12(6-10(13)14)11(15)9-4-5-16-7-9/h8-9H,3-7H2,1-2H3,(H,13,14). The molecule has 0 radical (unpaired) electrons. The zero-order chi connectivity index (χ0) is 12.1. The van der Waals surface area contributed by atoms with Gasteiger partial charge in [-0.05, 0) is 25.5 Å². The highest BCUT2D eigenvalue weighted by molar-refractivity contribution is 7.99. The van der Waals surface area contributed by atoms with Crippen molar-refractivity contribution in [3.8, 4) is 0 Å². The lowest BCUT2D eigenvalue weighted by Gasteiger charge is -2.29. The minimum Gasteiger partial charge on any atom is -0.480 e. The van der Waals surface area contributed by atoms with E-state index in [1.807, 2.05) is 13.8 Å². The van der Waals surface area contributed by atoms with E-state index in [1.165, 1.54) is 4.90 Å². The Morgan fingerprint density at radius 2 is 2.25 bits per heavy atom. The van der Waals surface area contributed by atoms with Crippen molar-refractivity contribution in [2.75, 3.05) is 18.1 Å². The van der Waals surface area contributed by atoms with Crippen molar-refractivity contribution in [1.29, 1.82) is 0 Å². The first kappa shape index (κ1) is 13.4. The van der Waals surface area contributed by atoms with Gasteiger partial charge >= 0.3 is 5.97 Å². The lowest BCUT2D eigenvalue weighted by Crippen LogP contribution is -2.45. The van der Waals surface area contributed by atoms with Crippen molar-refractivity contribution in [2.45, 2.75) is 32.7 Å². The SMILES string of the molecule is CCC(C)N(CC(=O)O)C(=O)C1CCSC1. The van der Waals surface area contributed by atoms with Crippen LogP contribution in [-0.2, 0) is 9.59 Å². The molecule has 0 aromatic heterocycles. The van der Waals surface area contributed by atoms with Gasteiger partial charge in [0.05, 0.1) is 0 Å². The highest BCUT2D eigenvalue weighted by atomic mass is 32.2. The van der Waals surface area contributed by atoms with E-state index in [1.54, 1.807) is 11.8 Å². The molecule has 0 saturated carbocycles. The first-order valence-corrected chi connectivity index (χ1v) is 6.81. The van der Waals surface area contributed by atoms with Crippen LogP contribution in [0.25, 0.3) is 0 Å². The van der Waals surface area contributed by atoms with Crippen LogP contribution in [0.3, 0.4) is 0 Å². The van der Waals surface area contributed by atoms with Crippen molar-refractivity contribution in [3.63, 3.8) is 0 Å². The Bertz CT molecular complexity index is 264. The van der Waals surface area contributed by atoms with Crippen LogP contribution in [0.4, 0.5) is 0 Å². The summed E-state index contributed by atoms with van der Waals surface area (Å²) in [7, 11) is 0. The minimum atomic E-state index is -0.931. The summed E-state index contributed by atoms with van der Waals surface area (Å²) in [6.45, 7) is 3.70. The molecule has 1 N–H and O–H groups in total. The molecule has 1 saturated heterocycles. The number of nitrogens with zero attached hydrogens (tertiary/aromatic N) is 1. The van der Waals surface area contributed by atoms with Crippen molar-refractivity contribution in [1.82, 2.24) is 4.90 Å². The minimum absolute atomic E-state index is 0.00852. The number of carboxylic acids is 1. The second-order valence-electron chi connectivity index (χ2n) is 4.18. The van der Waals surface area contributed by atoms with Gasteiger partial charge in [-0.25, -0.2) is 0 Å². The van der Waals surface area contributed by atoms with Gasteiger partial charge in [0.15, 0.2) is 0 Å². The molecule has 1 amide bonds. The van der Waals surface area contributed by atoms with E-state index < -0.39 is 5.97 Å². The number of amides is 1. The topological polar surface area (TPSA) is 57.6 Å². The van der Waals surface area contributed by atoms with Gasteiger partial charge in [-0.2, -0.15) is 11.8 Å². The number of carbonyl (C=O) groups is 2. The zero-order valence-electron chi connectivity index (χ0n) is 9.81. The molecule has 1 rings (SSSR count). The van der Waals surface area contributed by atoms with E-state index in [9.17, 15) is 9.59 Å². The molecule has 1 aliphatic rings. The highest BCUT2D eigenvalue weighted by Gasteiger charge is 2.30. The van der Waals surface area contributed by atoms with Crippen molar-refractivity contribution < 1.29 is 14.7 Å². The number of rotatable bonds is 5. The third-order valence-corrected chi connectivity index (χ3v) is 4.15. The second kappa shape index (κ2) is 6.13. The van der Waals surface area contributed by atoms with Crippen LogP contribution in [0.15, 0.2) is 0 Å². The molecule has 5 heteroatoms. The Morgan fingerprint density at radius 1 is 1.56 bits per heavy atom. The second-order valence-corrected chi connectivity index (χ2v) is 5.33. The maximum Gasteiger partial charge on any atom is 0.323 e. The van der Waals surface area contributed by atoms with Gasteiger partial charge < -0.3 is 10.0 Å². The lowest BCUT2D eigenvalue weighted by molar-refractivity contribution is -0.147. The molecule has 0 aromatic carbocycles.